The number of hydrogen-bond donors (Lipinski definition) is 1. The second-order valence-electron chi connectivity index (χ2n) is 3.53. The van der Waals surface area contributed by atoms with Crippen molar-refractivity contribution in [1.82, 2.24) is 10.1 Å². The molecule has 0 atom stereocenters. The van der Waals surface area contributed by atoms with Crippen LogP contribution in [0.3, 0.4) is 0 Å². The van der Waals surface area contributed by atoms with Crippen LogP contribution in [-0.4, -0.2) is 10.1 Å². The minimum atomic E-state index is 0.346. The van der Waals surface area contributed by atoms with E-state index in [2.05, 4.69) is 26.1 Å². The van der Waals surface area contributed by atoms with E-state index in [0.717, 1.165) is 14.2 Å². The average Bonchev–Trinajstić information content (AvgIpc) is 3.07. The number of aromatic nitrogens is 2. The highest BCUT2D eigenvalue weighted by molar-refractivity contribution is 9.11. The van der Waals surface area contributed by atoms with Gasteiger partial charge in [-0.15, -0.1) is 11.3 Å². The van der Waals surface area contributed by atoms with Gasteiger partial charge in [-0.25, -0.2) is 0 Å². The molecule has 18 heavy (non-hydrogen) atoms. The van der Waals surface area contributed by atoms with Gasteiger partial charge in [0.25, 0.3) is 5.89 Å². The van der Waals surface area contributed by atoms with Crippen molar-refractivity contribution in [3.63, 3.8) is 0 Å². The molecule has 3 aromatic rings. The fourth-order valence-corrected chi connectivity index (χ4v) is 2.79. The molecule has 2 N–H and O–H groups in total. The monoisotopic (exact) mass is 325 g/mol. The fraction of sp³-hybridized carbons (Fsp3) is 0.0909. The third kappa shape index (κ3) is 2.12. The molecule has 7 heteroatoms. The van der Waals surface area contributed by atoms with Gasteiger partial charge in [0.2, 0.25) is 5.82 Å². The van der Waals surface area contributed by atoms with Gasteiger partial charge in [-0.3, -0.25) is 0 Å². The lowest BCUT2D eigenvalue weighted by Gasteiger charge is -1.84. The van der Waals surface area contributed by atoms with Gasteiger partial charge < -0.3 is 14.7 Å². The zero-order valence-corrected chi connectivity index (χ0v) is 11.5. The molecule has 3 heterocycles. The van der Waals surface area contributed by atoms with Crippen molar-refractivity contribution in [1.29, 1.82) is 0 Å². The van der Waals surface area contributed by atoms with Crippen LogP contribution in [0, 0.1) is 0 Å². The summed E-state index contributed by atoms with van der Waals surface area (Å²) < 4.78 is 11.5. The van der Waals surface area contributed by atoms with Crippen molar-refractivity contribution < 1.29 is 8.94 Å². The largest absolute Gasteiger partial charge is 0.467 e. The van der Waals surface area contributed by atoms with E-state index in [9.17, 15) is 0 Å². The highest BCUT2D eigenvalue weighted by Gasteiger charge is 2.14. The van der Waals surface area contributed by atoms with Crippen LogP contribution in [0.25, 0.3) is 22.2 Å². The maximum atomic E-state index is 5.48. The van der Waals surface area contributed by atoms with E-state index in [1.807, 2.05) is 12.1 Å². The van der Waals surface area contributed by atoms with E-state index < -0.39 is 0 Å². The SMILES string of the molecule is NCc1cc(-c2nc(-c3ccc(Br)s3)no2)co1. The summed E-state index contributed by atoms with van der Waals surface area (Å²) in [6.45, 7) is 0.346. The smallest absolute Gasteiger partial charge is 0.261 e. The highest BCUT2D eigenvalue weighted by Crippen LogP contribution is 2.31. The van der Waals surface area contributed by atoms with Crippen LogP contribution in [0.15, 0.2) is 37.2 Å². The molecule has 0 saturated heterocycles. The molecule has 0 amide bonds. The van der Waals surface area contributed by atoms with E-state index in [0.29, 0.717) is 24.0 Å². The Labute approximate surface area is 115 Å². The lowest BCUT2D eigenvalue weighted by molar-refractivity contribution is 0.431. The first-order valence-electron chi connectivity index (χ1n) is 5.13. The van der Waals surface area contributed by atoms with E-state index in [1.54, 1.807) is 23.7 Å². The standard InChI is InChI=1S/C11H8BrN3O2S/c12-9-2-1-8(18-9)10-14-11(17-15-10)6-3-7(4-13)16-5-6/h1-3,5H,4,13H2. The summed E-state index contributed by atoms with van der Waals surface area (Å²) in [7, 11) is 0. The van der Waals surface area contributed by atoms with Gasteiger partial charge >= 0.3 is 0 Å². The molecule has 0 aliphatic rings. The van der Waals surface area contributed by atoms with Gasteiger partial charge in [-0.2, -0.15) is 4.98 Å². The Bertz CT molecular complexity index is 673. The summed E-state index contributed by atoms with van der Waals surface area (Å²) in [5.41, 5.74) is 6.22. The Morgan fingerprint density at radius 3 is 2.94 bits per heavy atom. The van der Waals surface area contributed by atoms with Crippen LogP contribution in [-0.2, 0) is 6.54 Å². The second-order valence-corrected chi connectivity index (χ2v) is 6.00. The number of rotatable bonds is 3. The molecule has 5 nitrogen and oxygen atoms in total. The molecule has 0 saturated carbocycles. The second kappa shape index (κ2) is 4.68. The molecule has 0 spiro atoms. The number of nitrogens with two attached hydrogens (primary N) is 1. The molecule has 0 aromatic carbocycles. The summed E-state index contributed by atoms with van der Waals surface area (Å²) >= 11 is 4.94. The predicted octanol–water partition coefficient (Wildman–Crippen LogP) is 3.28. The predicted molar refractivity (Wildman–Crippen MR) is 70.9 cm³/mol. The van der Waals surface area contributed by atoms with Gasteiger partial charge in [-0.1, -0.05) is 5.16 Å². The molecule has 0 aliphatic heterocycles. The number of halogens is 1. The molecule has 0 unspecified atom stereocenters. The Morgan fingerprint density at radius 2 is 2.28 bits per heavy atom. The molecule has 0 bridgehead atoms. The number of hydrogen-bond acceptors (Lipinski definition) is 6. The van der Waals surface area contributed by atoms with Gasteiger partial charge in [0.1, 0.15) is 12.0 Å². The Balaban J connectivity index is 1.93. The normalized spacial score (nSPS) is 11.0. The highest BCUT2D eigenvalue weighted by atomic mass is 79.9. The summed E-state index contributed by atoms with van der Waals surface area (Å²) in [6, 6.07) is 5.67. The summed E-state index contributed by atoms with van der Waals surface area (Å²) in [5, 5.41) is 3.94. The van der Waals surface area contributed by atoms with Crippen molar-refractivity contribution in [3.05, 3.63) is 34.0 Å². The molecule has 3 aromatic heterocycles. The maximum Gasteiger partial charge on any atom is 0.261 e. The van der Waals surface area contributed by atoms with Crippen LogP contribution < -0.4 is 5.73 Å². The third-order valence-corrected chi connectivity index (χ3v) is 3.94. The maximum absolute atomic E-state index is 5.48. The van der Waals surface area contributed by atoms with Crippen LogP contribution in [0.5, 0.6) is 0 Å². The van der Waals surface area contributed by atoms with Gasteiger partial charge in [0, 0.05) is 0 Å². The van der Waals surface area contributed by atoms with Crippen LogP contribution >= 0.6 is 27.3 Å². The zero-order valence-electron chi connectivity index (χ0n) is 9.09. The minimum absolute atomic E-state index is 0.346. The molecule has 92 valence electrons. The summed E-state index contributed by atoms with van der Waals surface area (Å²) in [4.78, 5) is 5.27. The fourth-order valence-electron chi connectivity index (χ4n) is 1.48. The van der Waals surface area contributed by atoms with Crippen LogP contribution in [0.1, 0.15) is 5.76 Å². The first-order valence-corrected chi connectivity index (χ1v) is 6.74. The van der Waals surface area contributed by atoms with E-state index in [1.165, 1.54) is 0 Å². The summed E-state index contributed by atoms with van der Waals surface area (Å²) in [6.07, 6.45) is 1.56. The van der Waals surface area contributed by atoms with Crippen LogP contribution in [0.4, 0.5) is 0 Å². The van der Waals surface area contributed by atoms with E-state index in [-0.39, 0.29) is 0 Å². The number of thiophene rings is 1. The van der Waals surface area contributed by atoms with Crippen molar-refractivity contribution in [3.8, 4) is 22.2 Å². The average molecular weight is 326 g/mol. The van der Waals surface area contributed by atoms with E-state index in [4.69, 9.17) is 14.7 Å². The number of nitrogens with zero attached hydrogens (tertiary/aromatic N) is 2. The molecule has 3 rings (SSSR count). The minimum Gasteiger partial charge on any atom is -0.467 e. The molecular formula is C11H8BrN3O2S. The molecule has 0 aliphatic carbocycles. The Kier molecular flexibility index (Phi) is 3.02. The van der Waals surface area contributed by atoms with Crippen molar-refractivity contribution in [2.75, 3.05) is 0 Å². The zero-order chi connectivity index (χ0) is 12.5. The molecule has 0 radical (unpaired) electrons. The van der Waals surface area contributed by atoms with Crippen molar-refractivity contribution in [2.45, 2.75) is 6.54 Å². The van der Waals surface area contributed by atoms with Crippen LogP contribution in [0.2, 0.25) is 0 Å². The number of furan rings is 1. The Hall–Kier alpha value is -1.44. The Morgan fingerprint density at radius 1 is 1.39 bits per heavy atom. The van der Waals surface area contributed by atoms with Gasteiger partial charge in [0.05, 0.1) is 20.8 Å². The van der Waals surface area contributed by atoms with Gasteiger partial charge in [0.15, 0.2) is 0 Å². The van der Waals surface area contributed by atoms with Crippen molar-refractivity contribution >= 4 is 27.3 Å². The first-order chi connectivity index (χ1) is 8.76. The topological polar surface area (TPSA) is 78.1 Å². The lowest BCUT2D eigenvalue weighted by Crippen LogP contribution is -1.92. The quantitative estimate of drug-likeness (QED) is 0.799. The summed E-state index contributed by atoms with van der Waals surface area (Å²) in [5.74, 6) is 1.68. The third-order valence-electron chi connectivity index (χ3n) is 2.32. The van der Waals surface area contributed by atoms with E-state index >= 15 is 0 Å². The molecule has 0 fully saturated rings. The van der Waals surface area contributed by atoms with Gasteiger partial charge in [-0.05, 0) is 34.1 Å². The van der Waals surface area contributed by atoms with Crippen molar-refractivity contribution in [2.24, 2.45) is 5.73 Å². The molecular weight excluding hydrogens is 318 g/mol. The first kappa shape index (κ1) is 11.6. The lowest BCUT2D eigenvalue weighted by atomic mass is 10.3.